The van der Waals surface area contributed by atoms with Crippen molar-refractivity contribution in [2.75, 3.05) is 12.3 Å². The molecule has 0 bridgehead atoms. The van der Waals surface area contributed by atoms with E-state index in [9.17, 15) is 4.79 Å². The molecule has 1 amide bonds. The molecule has 0 saturated carbocycles. The van der Waals surface area contributed by atoms with Crippen molar-refractivity contribution >= 4 is 17.7 Å². The molecule has 0 fully saturated rings. The maximum absolute atomic E-state index is 11.1. The minimum Gasteiger partial charge on any atom is -0.366 e. The number of amides is 1. The first-order valence-electron chi connectivity index (χ1n) is 5.29. The summed E-state index contributed by atoms with van der Waals surface area (Å²) >= 11 is 1.63. The van der Waals surface area contributed by atoms with Crippen LogP contribution in [0.3, 0.4) is 0 Å². The molecule has 0 aliphatic carbocycles. The Morgan fingerprint density at radius 1 is 1.38 bits per heavy atom. The van der Waals surface area contributed by atoms with Gasteiger partial charge in [-0.2, -0.15) is 0 Å². The Morgan fingerprint density at radius 2 is 2.12 bits per heavy atom. The molecule has 3 nitrogen and oxygen atoms in total. The van der Waals surface area contributed by atoms with Crippen molar-refractivity contribution in [2.24, 2.45) is 11.5 Å². The number of carbonyl (C=O) groups is 1. The Labute approximate surface area is 101 Å². The Bertz CT molecular complexity index is 342. The second kappa shape index (κ2) is 7.30. The fourth-order valence-corrected chi connectivity index (χ4v) is 2.25. The normalized spacial score (nSPS) is 10.3. The number of hydrogen-bond donors (Lipinski definition) is 2. The zero-order valence-corrected chi connectivity index (χ0v) is 10.0. The number of nitrogens with two attached hydrogens (primary N) is 2. The largest absolute Gasteiger partial charge is 0.366 e. The van der Waals surface area contributed by atoms with E-state index in [0.29, 0.717) is 5.56 Å². The first-order chi connectivity index (χ1) is 7.75. The SMILES string of the molecule is NCCC[CH]CSc1ccccc1C(N)=O. The second-order valence-electron chi connectivity index (χ2n) is 3.39. The zero-order chi connectivity index (χ0) is 11.8. The molecule has 1 aromatic rings. The van der Waals surface area contributed by atoms with Crippen molar-refractivity contribution in [2.45, 2.75) is 17.7 Å². The highest BCUT2D eigenvalue weighted by Gasteiger charge is 2.06. The molecule has 87 valence electrons. The minimum absolute atomic E-state index is 0.370. The van der Waals surface area contributed by atoms with E-state index in [1.807, 2.05) is 18.2 Å². The highest BCUT2D eigenvalue weighted by Crippen LogP contribution is 2.23. The highest BCUT2D eigenvalue weighted by molar-refractivity contribution is 7.99. The molecule has 0 saturated heterocycles. The molecule has 0 aliphatic rings. The lowest BCUT2D eigenvalue weighted by Crippen LogP contribution is -2.12. The van der Waals surface area contributed by atoms with Crippen LogP contribution < -0.4 is 11.5 Å². The second-order valence-corrected chi connectivity index (χ2v) is 4.45. The molecule has 0 aromatic heterocycles. The van der Waals surface area contributed by atoms with Gasteiger partial charge in [0.25, 0.3) is 0 Å². The topological polar surface area (TPSA) is 69.1 Å². The van der Waals surface area contributed by atoms with Gasteiger partial charge in [-0.1, -0.05) is 12.1 Å². The van der Waals surface area contributed by atoms with Crippen LogP contribution in [0.1, 0.15) is 23.2 Å². The van der Waals surface area contributed by atoms with Gasteiger partial charge in [0.1, 0.15) is 0 Å². The van der Waals surface area contributed by atoms with Gasteiger partial charge in [0.15, 0.2) is 0 Å². The Morgan fingerprint density at radius 3 is 2.81 bits per heavy atom. The van der Waals surface area contributed by atoms with E-state index in [1.165, 1.54) is 0 Å². The van der Waals surface area contributed by atoms with E-state index in [0.717, 1.165) is 30.0 Å². The van der Waals surface area contributed by atoms with Gasteiger partial charge in [0, 0.05) is 10.6 Å². The summed E-state index contributed by atoms with van der Waals surface area (Å²) in [5.41, 5.74) is 11.3. The van der Waals surface area contributed by atoms with Crippen LogP contribution in [0.4, 0.5) is 0 Å². The summed E-state index contributed by atoms with van der Waals surface area (Å²) in [6.07, 6.45) is 4.20. The summed E-state index contributed by atoms with van der Waals surface area (Å²) in [5, 5.41) is 0. The summed E-state index contributed by atoms with van der Waals surface area (Å²) in [5.74, 6) is 0.509. The predicted octanol–water partition coefficient (Wildman–Crippen LogP) is 1.82. The van der Waals surface area contributed by atoms with Gasteiger partial charge >= 0.3 is 0 Å². The number of rotatable bonds is 7. The number of carbonyl (C=O) groups excluding carboxylic acids is 1. The maximum atomic E-state index is 11.1. The van der Waals surface area contributed by atoms with Crippen molar-refractivity contribution < 1.29 is 4.79 Å². The highest BCUT2D eigenvalue weighted by atomic mass is 32.2. The lowest BCUT2D eigenvalue weighted by Gasteiger charge is -2.05. The average molecular weight is 237 g/mol. The average Bonchev–Trinajstić information content (AvgIpc) is 2.29. The van der Waals surface area contributed by atoms with Crippen LogP contribution >= 0.6 is 11.8 Å². The molecule has 4 N–H and O–H groups in total. The summed E-state index contributed by atoms with van der Waals surface area (Å²) in [4.78, 5) is 12.1. The molecule has 1 radical (unpaired) electrons. The molecular formula is C12H17N2OS. The standard InChI is InChI=1S/C12H17N2OS/c13-8-4-1-5-9-16-11-7-3-2-6-10(11)12(14)15/h2-3,5-7H,1,4,8-9,13H2,(H2,14,15). The van der Waals surface area contributed by atoms with Crippen molar-refractivity contribution in [3.8, 4) is 0 Å². The van der Waals surface area contributed by atoms with Gasteiger partial charge in [-0.15, -0.1) is 11.8 Å². The smallest absolute Gasteiger partial charge is 0.249 e. The van der Waals surface area contributed by atoms with Gasteiger partial charge in [0.05, 0.1) is 5.56 Å². The molecule has 0 heterocycles. The van der Waals surface area contributed by atoms with Crippen LogP contribution in [0, 0.1) is 6.42 Å². The van der Waals surface area contributed by atoms with Crippen molar-refractivity contribution in [1.82, 2.24) is 0 Å². The number of hydrogen-bond acceptors (Lipinski definition) is 3. The summed E-state index contributed by atoms with van der Waals surface area (Å²) < 4.78 is 0. The molecule has 1 rings (SSSR count). The third-order valence-electron chi connectivity index (χ3n) is 2.12. The maximum Gasteiger partial charge on any atom is 0.249 e. The van der Waals surface area contributed by atoms with Gasteiger partial charge < -0.3 is 11.5 Å². The van der Waals surface area contributed by atoms with Gasteiger partial charge in [-0.25, -0.2) is 0 Å². The van der Waals surface area contributed by atoms with E-state index >= 15 is 0 Å². The fraction of sp³-hybridized carbons (Fsp3) is 0.333. The van der Waals surface area contributed by atoms with E-state index in [1.54, 1.807) is 17.8 Å². The van der Waals surface area contributed by atoms with E-state index in [2.05, 4.69) is 6.42 Å². The number of primary amides is 1. The molecule has 16 heavy (non-hydrogen) atoms. The lowest BCUT2D eigenvalue weighted by molar-refractivity contribution is 0.0997. The minimum atomic E-state index is -0.370. The Kier molecular flexibility index (Phi) is 5.96. The molecule has 0 aliphatic heterocycles. The quantitative estimate of drug-likeness (QED) is 0.561. The zero-order valence-electron chi connectivity index (χ0n) is 9.19. The predicted molar refractivity (Wildman–Crippen MR) is 68.3 cm³/mol. The van der Waals surface area contributed by atoms with E-state index in [-0.39, 0.29) is 5.91 Å². The number of benzene rings is 1. The van der Waals surface area contributed by atoms with Crippen LogP contribution in [-0.4, -0.2) is 18.2 Å². The van der Waals surface area contributed by atoms with Crippen LogP contribution in [0.15, 0.2) is 29.2 Å². The van der Waals surface area contributed by atoms with Crippen LogP contribution in [0.25, 0.3) is 0 Å². The molecule has 0 atom stereocenters. The van der Waals surface area contributed by atoms with Gasteiger partial charge in [-0.3, -0.25) is 4.79 Å². The lowest BCUT2D eigenvalue weighted by atomic mass is 10.2. The first-order valence-corrected chi connectivity index (χ1v) is 6.27. The van der Waals surface area contributed by atoms with Crippen molar-refractivity contribution in [1.29, 1.82) is 0 Å². The number of unbranched alkanes of at least 4 members (excludes halogenated alkanes) is 2. The first kappa shape index (κ1) is 13.1. The summed E-state index contributed by atoms with van der Waals surface area (Å²) in [7, 11) is 0. The third kappa shape index (κ3) is 4.24. The number of thioether (sulfide) groups is 1. The van der Waals surface area contributed by atoms with Crippen LogP contribution in [0.5, 0.6) is 0 Å². The Balaban J connectivity index is 2.44. The fourth-order valence-electron chi connectivity index (χ4n) is 1.29. The molecule has 4 heteroatoms. The molecule has 0 spiro atoms. The van der Waals surface area contributed by atoms with E-state index < -0.39 is 0 Å². The monoisotopic (exact) mass is 237 g/mol. The molecule has 0 unspecified atom stereocenters. The van der Waals surface area contributed by atoms with Gasteiger partial charge in [-0.05, 0) is 37.9 Å². The van der Waals surface area contributed by atoms with Gasteiger partial charge in [0.2, 0.25) is 5.91 Å². The third-order valence-corrected chi connectivity index (χ3v) is 3.19. The van der Waals surface area contributed by atoms with Crippen LogP contribution in [0.2, 0.25) is 0 Å². The van der Waals surface area contributed by atoms with Crippen LogP contribution in [-0.2, 0) is 0 Å². The van der Waals surface area contributed by atoms with Crippen molar-refractivity contribution in [3.05, 3.63) is 36.2 Å². The summed E-state index contributed by atoms with van der Waals surface area (Å²) in [6.45, 7) is 0.721. The summed E-state index contributed by atoms with van der Waals surface area (Å²) in [6, 6.07) is 7.41. The molecular weight excluding hydrogens is 220 g/mol. The van der Waals surface area contributed by atoms with Crippen molar-refractivity contribution in [3.63, 3.8) is 0 Å². The Hall–Kier alpha value is -1.00. The van der Waals surface area contributed by atoms with E-state index in [4.69, 9.17) is 11.5 Å². The molecule has 1 aromatic carbocycles.